The summed E-state index contributed by atoms with van der Waals surface area (Å²) in [4.78, 5) is 0. The fourth-order valence-electron chi connectivity index (χ4n) is 2.87. The molecule has 0 aromatic rings. The molecule has 0 aromatic carbocycles. The van der Waals surface area contributed by atoms with Crippen LogP contribution in [-0.2, 0) is 9.84 Å². The largest absolute Gasteiger partial charge is 0.314 e. The zero-order valence-electron chi connectivity index (χ0n) is 11.6. The van der Waals surface area contributed by atoms with E-state index in [1.807, 2.05) is 0 Å². The molecule has 1 saturated carbocycles. The summed E-state index contributed by atoms with van der Waals surface area (Å²) in [6.45, 7) is 7.80. The van der Waals surface area contributed by atoms with Gasteiger partial charge in [0.15, 0.2) is 0 Å². The van der Waals surface area contributed by atoms with Crippen molar-refractivity contribution in [2.45, 2.75) is 52.5 Å². The first-order chi connectivity index (χ1) is 7.70. The molecule has 1 rings (SSSR count). The normalized spacial score (nSPS) is 29.2. The molecule has 1 aliphatic carbocycles. The van der Waals surface area contributed by atoms with Gasteiger partial charge in [0.25, 0.3) is 0 Å². The lowest BCUT2D eigenvalue weighted by Crippen LogP contribution is -2.42. The van der Waals surface area contributed by atoms with Crippen LogP contribution in [0.5, 0.6) is 0 Å². The van der Waals surface area contributed by atoms with Crippen LogP contribution in [0.2, 0.25) is 0 Å². The molecule has 102 valence electrons. The van der Waals surface area contributed by atoms with Crippen LogP contribution in [0, 0.1) is 11.3 Å². The summed E-state index contributed by atoms with van der Waals surface area (Å²) in [7, 11) is -2.80. The van der Waals surface area contributed by atoms with Gasteiger partial charge in [-0.05, 0) is 43.6 Å². The van der Waals surface area contributed by atoms with Gasteiger partial charge in [-0.1, -0.05) is 20.8 Å². The van der Waals surface area contributed by atoms with E-state index in [1.54, 1.807) is 0 Å². The van der Waals surface area contributed by atoms with E-state index >= 15 is 0 Å². The van der Waals surface area contributed by atoms with Crippen LogP contribution in [0.25, 0.3) is 0 Å². The summed E-state index contributed by atoms with van der Waals surface area (Å²) in [6.07, 6.45) is 5.77. The van der Waals surface area contributed by atoms with E-state index in [9.17, 15) is 8.42 Å². The van der Waals surface area contributed by atoms with E-state index in [0.717, 1.165) is 13.0 Å². The quantitative estimate of drug-likeness (QED) is 0.772. The molecule has 0 heterocycles. The number of hydrogen-bond donors (Lipinski definition) is 1. The molecule has 2 unspecified atom stereocenters. The highest BCUT2D eigenvalue weighted by atomic mass is 32.2. The Morgan fingerprint density at radius 3 is 2.53 bits per heavy atom. The summed E-state index contributed by atoms with van der Waals surface area (Å²) in [5.41, 5.74) is 0.477. The van der Waals surface area contributed by atoms with Gasteiger partial charge < -0.3 is 5.32 Å². The third kappa shape index (κ3) is 5.87. The minimum atomic E-state index is -2.80. The van der Waals surface area contributed by atoms with E-state index in [2.05, 4.69) is 26.1 Å². The van der Waals surface area contributed by atoms with Crippen molar-refractivity contribution in [2.75, 3.05) is 18.6 Å². The SMILES string of the molecule is CC1CC(C)(C)CCC1NCCCS(C)(=O)=O. The predicted molar refractivity (Wildman–Crippen MR) is 72.9 cm³/mol. The molecule has 1 fully saturated rings. The maximum absolute atomic E-state index is 11.0. The molecule has 4 heteroatoms. The molecule has 0 aromatic heterocycles. The van der Waals surface area contributed by atoms with Crippen LogP contribution in [0.4, 0.5) is 0 Å². The van der Waals surface area contributed by atoms with Gasteiger partial charge in [-0.25, -0.2) is 8.42 Å². The standard InChI is InChI=1S/C13H27NO2S/c1-11-10-13(2,3)7-6-12(11)14-8-5-9-17(4,15)16/h11-12,14H,5-10H2,1-4H3. The molecule has 1 aliphatic rings. The lowest BCUT2D eigenvalue weighted by Gasteiger charge is -2.39. The van der Waals surface area contributed by atoms with Gasteiger partial charge in [0.1, 0.15) is 9.84 Å². The van der Waals surface area contributed by atoms with Crippen molar-refractivity contribution in [1.82, 2.24) is 5.32 Å². The molecular weight excluding hydrogens is 234 g/mol. The van der Waals surface area contributed by atoms with Crippen molar-refractivity contribution >= 4 is 9.84 Å². The Bertz CT molecular complexity index is 335. The Balaban J connectivity index is 2.25. The summed E-state index contributed by atoms with van der Waals surface area (Å²) in [5, 5.41) is 3.52. The fourth-order valence-corrected chi connectivity index (χ4v) is 3.54. The zero-order valence-corrected chi connectivity index (χ0v) is 12.4. The van der Waals surface area contributed by atoms with Gasteiger partial charge in [0, 0.05) is 12.3 Å². The van der Waals surface area contributed by atoms with Crippen molar-refractivity contribution < 1.29 is 8.42 Å². The molecule has 0 spiro atoms. The molecule has 17 heavy (non-hydrogen) atoms. The average molecular weight is 261 g/mol. The van der Waals surface area contributed by atoms with E-state index in [1.165, 1.54) is 25.5 Å². The van der Waals surface area contributed by atoms with Crippen LogP contribution in [0.3, 0.4) is 0 Å². The lowest BCUT2D eigenvalue weighted by molar-refractivity contribution is 0.149. The average Bonchev–Trinajstić information content (AvgIpc) is 2.12. The molecule has 2 atom stereocenters. The third-order valence-electron chi connectivity index (χ3n) is 3.79. The predicted octanol–water partition coefficient (Wildman–Crippen LogP) is 2.23. The van der Waals surface area contributed by atoms with Crippen LogP contribution in [0.1, 0.15) is 46.5 Å². The van der Waals surface area contributed by atoms with Gasteiger partial charge in [-0.15, -0.1) is 0 Å². The first kappa shape index (κ1) is 15.0. The van der Waals surface area contributed by atoms with Crippen molar-refractivity contribution in [3.05, 3.63) is 0 Å². The summed E-state index contributed by atoms with van der Waals surface area (Å²) in [6, 6.07) is 0.572. The smallest absolute Gasteiger partial charge is 0.147 e. The highest BCUT2D eigenvalue weighted by Crippen LogP contribution is 2.38. The van der Waals surface area contributed by atoms with Crippen molar-refractivity contribution in [3.63, 3.8) is 0 Å². The Labute approximate surface area is 106 Å². The van der Waals surface area contributed by atoms with Crippen molar-refractivity contribution in [3.8, 4) is 0 Å². The zero-order chi connectivity index (χ0) is 13.1. The van der Waals surface area contributed by atoms with Crippen molar-refractivity contribution in [1.29, 1.82) is 0 Å². The molecule has 0 amide bonds. The number of rotatable bonds is 5. The molecule has 0 radical (unpaired) electrons. The fraction of sp³-hybridized carbons (Fsp3) is 1.00. The molecular formula is C13H27NO2S. The minimum Gasteiger partial charge on any atom is -0.314 e. The van der Waals surface area contributed by atoms with E-state index in [-0.39, 0.29) is 0 Å². The van der Waals surface area contributed by atoms with Gasteiger partial charge in [0.2, 0.25) is 0 Å². The second kappa shape index (κ2) is 5.70. The summed E-state index contributed by atoms with van der Waals surface area (Å²) < 4.78 is 22.0. The van der Waals surface area contributed by atoms with Crippen LogP contribution < -0.4 is 5.32 Å². The monoisotopic (exact) mass is 261 g/mol. The highest BCUT2D eigenvalue weighted by molar-refractivity contribution is 7.90. The topological polar surface area (TPSA) is 46.2 Å². The number of hydrogen-bond acceptors (Lipinski definition) is 3. The summed E-state index contributed by atoms with van der Waals surface area (Å²) in [5.74, 6) is 0.990. The van der Waals surface area contributed by atoms with E-state index in [0.29, 0.717) is 23.1 Å². The van der Waals surface area contributed by atoms with Gasteiger partial charge >= 0.3 is 0 Å². The summed E-state index contributed by atoms with van der Waals surface area (Å²) >= 11 is 0. The van der Waals surface area contributed by atoms with Crippen LogP contribution >= 0.6 is 0 Å². The van der Waals surface area contributed by atoms with E-state index < -0.39 is 9.84 Å². The Morgan fingerprint density at radius 1 is 1.35 bits per heavy atom. The minimum absolute atomic E-state index is 0.298. The van der Waals surface area contributed by atoms with E-state index in [4.69, 9.17) is 0 Å². The molecule has 0 bridgehead atoms. The molecule has 0 aliphatic heterocycles. The third-order valence-corrected chi connectivity index (χ3v) is 4.82. The maximum Gasteiger partial charge on any atom is 0.147 e. The lowest BCUT2D eigenvalue weighted by atomic mass is 9.70. The second-order valence-corrected chi connectivity index (χ2v) is 8.69. The molecule has 0 saturated heterocycles. The van der Waals surface area contributed by atoms with Gasteiger partial charge in [-0.2, -0.15) is 0 Å². The van der Waals surface area contributed by atoms with Crippen molar-refractivity contribution in [2.24, 2.45) is 11.3 Å². The Kier molecular flexibility index (Phi) is 5.02. The first-order valence-corrected chi connectivity index (χ1v) is 8.67. The first-order valence-electron chi connectivity index (χ1n) is 6.61. The van der Waals surface area contributed by atoms with Crippen LogP contribution in [-0.4, -0.2) is 33.0 Å². The Hall–Kier alpha value is -0.0900. The maximum atomic E-state index is 11.0. The van der Waals surface area contributed by atoms with Gasteiger partial charge in [-0.3, -0.25) is 0 Å². The highest BCUT2D eigenvalue weighted by Gasteiger charge is 2.31. The van der Waals surface area contributed by atoms with Gasteiger partial charge in [0.05, 0.1) is 5.75 Å². The molecule has 3 nitrogen and oxygen atoms in total. The molecule has 1 N–H and O–H groups in total. The number of nitrogens with one attached hydrogen (secondary N) is 1. The number of sulfone groups is 1. The van der Waals surface area contributed by atoms with Crippen LogP contribution in [0.15, 0.2) is 0 Å². The Morgan fingerprint density at radius 2 is 2.00 bits per heavy atom. The second-order valence-electron chi connectivity index (χ2n) is 6.43.